The second-order valence-corrected chi connectivity index (χ2v) is 5.59. The number of benzene rings is 1. The van der Waals surface area contributed by atoms with Crippen LogP contribution in [-0.4, -0.2) is 5.78 Å². The van der Waals surface area contributed by atoms with Gasteiger partial charge in [-0.05, 0) is 55.9 Å². The second kappa shape index (κ2) is 4.69. The minimum atomic E-state index is 0.0563. The lowest BCUT2D eigenvalue weighted by Gasteiger charge is -2.16. The summed E-state index contributed by atoms with van der Waals surface area (Å²) in [7, 11) is 0. The van der Waals surface area contributed by atoms with Gasteiger partial charge in [0.1, 0.15) is 5.58 Å². The van der Waals surface area contributed by atoms with Crippen molar-refractivity contribution in [3.63, 3.8) is 0 Å². The Morgan fingerprint density at radius 1 is 1.32 bits per heavy atom. The molecule has 1 aromatic carbocycles. The molecule has 0 saturated carbocycles. The lowest BCUT2D eigenvalue weighted by atomic mass is 9.89. The Hall–Kier alpha value is -1.83. The van der Waals surface area contributed by atoms with Crippen molar-refractivity contribution < 1.29 is 9.21 Å². The normalized spacial score (nSPS) is 19.5. The van der Waals surface area contributed by atoms with E-state index >= 15 is 0 Å². The molecule has 0 fully saturated rings. The Balaban J connectivity index is 1.93. The zero-order chi connectivity index (χ0) is 13.4. The number of hydrogen-bond acceptors (Lipinski definition) is 2. The van der Waals surface area contributed by atoms with E-state index in [4.69, 9.17) is 4.42 Å². The third kappa shape index (κ3) is 2.35. The number of fused-ring (bicyclic) bond motifs is 1. The molecule has 1 unspecified atom stereocenters. The summed E-state index contributed by atoms with van der Waals surface area (Å²) in [6.45, 7) is 4.26. The van der Waals surface area contributed by atoms with Crippen molar-refractivity contribution in [3.05, 3.63) is 47.2 Å². The van der Waals surface area contributed by atoms with Crippen LogP contribution in [0.25, 0.3) is 11.0 Å². The van der Waals surface area contributed by atoms with Crippen LogP contribution in [0.2, 0.25) is 0 Å². The molecule has 0 radical (unpaired) electrons. The summed E-state index contributed by atoms with van der Waals surface area (Å²) in [4.78, 5) is 12.4. The molecule has 1 aromatic heterocycles. The van der Waals surface area contributed by atoms with Gasteiger partial charge in [-0.25, -0.2) is 0 Å². The Morgan fingerprint density at radius 2 is 2.16 bits per heavy atom. The van der Waals surface area contributed by atoms with Crippen LogP contribution < -0.4 is 0 Å². The van der Waals surface area contributed by atoms with E-state index in [1.165, 1.54) is 5.56 Å². The van der Waals surface area contributed by atoms with Gasteiger partial charge in [0.25, 0.3) is 0 Å². The standard InChI is InChI=1S/C17H18O2/c1-11-3-6-13(7-4-11)17(18)16-10-14-9-12(2)5-8-15(14)19-16/h5-6,8-11H,3-4,7H2,1-2H3. The lowest BCUT2D eigenvalue weighted by Crippen LogP contribution is -2.09. The van der Waals surface area contributed by atoms with Crippen LogP contribution >= 0.6 is 0 Å². The van der Waals surface area contributed by atoms with Crippen LogP contribution in [0.1, 0.15) is 42.3 Å². The first-order valence-corrected chi connectivity index (χ1v) is 6.87. The largest absolute Gasteiger partial charge is 0.453 e. The maximum atomic E-state index is 12.4. The van der Waals surface area contributed by atoms with Crippen LogP contribution in [-0.2, 0) is 0 Å². The average Bonchev–Trinajstić information content (AvgIpc) is 2.81. The van der Waals surface area contributed by atoms with Gasteiger partial charge in [-0.15, -0.1) is 0 Å². The van der Waals surface area contributed by atoms with Crippen LogP contribution in [0, 0.1) is 12.8 Å². The van der Waals surface area contributed by atoms with E-state index in [9.17, 15) is 4.79 Å². The van der Waals surface area contributed by atoms with Gasteiger partial charge in [0.15, 0.2) is 5.76 Å². The van der Waals surface area contributed by atoms with Crippen molar-refractivity contribution in [1.82, 2.24) is 0 Å². The maximum absolute atomic E-state index is 12.4. The molecule has 1 heterocycles. The number of rotatable bonds is 2. The van der Waals surface area contributed by atoms with E-state index in [1.807, 2.05) is 31.2 Å². The number of hydrogen-bond donors (Lipinski definition) is 0. The van der Waals surface area contributed by atoms with Gasteiger partial charge in [0.05, 0.1) is 0 Å². The SMILES string of the molecule is Cc1ccc2oc(C(=O)C3=CCC(C)CC3)cc2c1. The highest BCUT2D eigenvalue weighted by Crippen LogP contribution is 2.28. The molecule has 98 valence electrons. The molecule has 2 heteroatoms. The minimum absolute atomic E-state index is 0.0563. The quantitative estimate of drug-likeness (QED) is 0.729. The molecular formula is C17H18O2. The van der Waals surface area contributed by atoms with Crippen LogP contribution in [0.4, 0.5) is 0 Å². The molecule has 3 rings (SSSR count). The van der Waals surface area contributed by atoms with Gasteiger partial charge < -0.3 is 4.42 Å². The van der Waals surface area contributed by atoms with Gasteiger partial charge in [0.2, 0.25) is 5.78 Å². The molecule has 1 atom stereocenters. The molecule has 0 bridgehead atoms. The lowest BCUT2D eigenvalue weighted by molar-refractivity contribution is 0.0999. The van der Waals surface area contributed by atoms with Crippen LogP contribution in [0.15, 0.2) is 40.3 Å². The number of carbonyl (C=O) groups is 1. The van der Waals surface area contributed by atoms with Crippen molar-refractivity contribution in [3.8, 4) is 0 Å². The highest BCUT2D eigenvalue weighted by atomic mass is 16.3. The van der Waals surface area contributed by atoms with E-state index in [-0.39, 0.29) is 5.78 Å². The van der Waals surface area contributed by atoms with Crippen molar-refractivity contribution in [1.29, 1.82) is 0 Å². The molecular weight excluding hydrogens is 236 g/mol. The molecule has 0 amide bonds. The molecule has 19 heavy (non-hydrogen) atoms. The van der Waals surface area contributed by atoms with Gasteiger partial charge in [-0.1, -0.05) is 24.6 Å². The van der Waals surface area contributed by atoms with Gasteiger partial charge in [-0.2, -0.15) is 0 Å². The number of carbonyl (C=O) groups excluding carboxylic acids is 1. The molecule has 0 N–H and O–H groups in total. The van der Waals surface area contributed by atoms with Crippen LogP contribution in [0.5, 0.6) is 0 Å². The van der Waals surface area contributed by atoms with E-state index in [1.54, 1.807) is 0 Å². The summed E-state index contributed by atoms with van der Waals surface area (Å²) >= 11 is 0. The summed E-state index contributed by atoms with van der Waals surface area (Å²) in [6, 6.07) is 7.84. The summed E-state index contributed by atoms with van der Waals surface area (Å²) in [6.07, 6.45) is 5.04. The Kier molecular flexibility index (Phi) is 3.02. The minimum Gasteiger partial charge on any atom is -0.453 e. The predicted octanol–water partition coefficient (Wildman–Crippen LogP) is 4.67. The number of furan rings is 1. The zero-order valence-corrected chi connectivity index (χ0v) is 11.4. The van der Waals surface area contributed by atoms with Gasteiger partial charge in [-0.3, -0.25) is 4.79 Å². The van der Waals surface area contributed by atoms with Crippen molar-refractivity contribution >= 4 is 16.8 Å². The third-order valence-corrected chi connectivity index (χ3v) is 3.86. The number of ketones is 1. The van der Waals surface area contributed by atoms with Crippen LogP contribution in [0.3, 0.4) is 0 Å². The predicted molar refractivity (Wildman–Crippen MR) is 76.4 cm³/mol. The van der Waals surface area contributed by atoms with Gasteiger partial charge in [0, 0.05) is 5.39 Å². The summed E-state index contributed by atoms with van der Waals surface area (Å²) < 4.78 is 5.67. The number of Topliss-reactive ketones (excluding diaryl/α,β-unsaturated/α-hetero) is 1. The molecule has 0 aliphatic heterocycles. The average molecular weight is 254 g/mol. The summed E-state index contributed by atoms with van der Waals surface area (Å²) in [5.74, 6) is 1.22. The maximum Gasteiger partial charge on any atom is 0.223 e. The highest BCUT2D eigenvalue weighted by Gasteiger charge is 2.20. The Morgan fingerprint density at radius 3 is 2.89 bits per heavy atom. The summed E-state index contributed by atoms with van der Waals surface area (Å²) in [5, 5.41) is 1.01. The molecule has 1 aliphatic rings. The third-order valence-electron chi connectivity index (χ3n) is 3.86. The fourth-order valence-corrected chi connectivity index (χ4v) is 2.60. The van der Waals surface area contributed by atoms with E-state index in [0.29, 0.717) is 11.7 Å². The first-order chi connectivity index (χ1) is 9.13. The topological polar surface area (TPSA) is 30.2 Å². The van der Waals surface area contributed by atoms with E-state index < -0.39 is 0 Å². The molecule has 2 nitrogen and oxygen atoms in total. The number of aryl methyl sites for hydroxylation is 1. The first kappa shape index (κ1) is 12.2. The van der Waals surface area contributed by atoms with Gasteiger partial charge >= 0.3 is 0 Å². The fourth-order valence-electron chi connectivity index (χ4n) is 2.60. The Bertz CT molecular complexity index is 661. The second-order valence-electron chi connectivity index (χ2n) is 5.59. The van der Waals surface area contributed by atoms with Crippen molar-refractivity contribution in [2.45, 2.75) is 33.1 Å². The highest BCUT2D eigenvalue weighted by molar-refractivity contribution is 6.08. The fraction of sp³-hybridized carbons (Fsp3) is 0.353. The monoisotopic (exact) mass is 254 g/mol. The molecule has 0 spiro atoms. The summed E-state index contributed by atoms with van der Waals surface area (Å²) in [5.41, 5.74) is 2.88. The Labute approximate surface area is 113 Å². The number of allylic oxidation sites excluding steroid dienone is 2. The molecule has 1 aliphatic carbocycles. The van der Waals surface area contributed by atoms with E-state index in [2.05, 4.69) is 13.0 Å². The smallest absolute Gasteiger partial charge is 0.223 e. The molecule has 0 saturated heterocycles. The first-order valence-electron chi connectivity index (χ1n) is 6.87. The van der Waals surface area contributed by atoms with Crippen molar-refractivity contribution in [2.75, 3.05) is 0 Å². The van der Waals surface area contributed by atoms with Crippen molar-refractivity contribution in [2.24, 2.45) is 5.92 Å². The van der Waals surface area contributed by atoms with E-state index in [0.717, 1.165) is 35.8 Å². The zero-order valence-electron chi connectivity index (χ0n) is 11.4. The molecule has 2 aromatic rings.